The molecule has 0 aliphatic rings. The number of rotatable bonds is 3. The lowest BCUT2D eigenvalue weighted by atomic mass is 10.1. The summed E-state index contributed by atoms with van der Waals surface area (Å²) in [5, 5.41) is 9.49. The molecule has 15 heavy (non-hydrogen) atoms. The van der Waals surface area contributed by atoms with Crippen LogP contribution in [0.4, 0.5) is 4.79 Å². The highest BCUT2D eigenvalue weighted by atomic mass is 16.7. The van der Waals surface area contributed by atoms with E-state index in [1.807, 2.05) is 0 Å². The molecule has 1 unspecified atom stereocenters. The van der Waals surface area contributed by atoms with Gasteiger partial charge in [-0.1, -0.05) is 18.2 Å². The second kappa shape index (κ2) is 5.24. The lowest BCUT2D eigenvalue weighted by Crippen LogP contribution is -2.10. The van der Waals surface area contributed by atoms with E-state index in [1.54, 1.807) is 38.1 Å². The second-order valence-corrected chi connectivity index (χ2v) is 3.00. The summed E-state index contributed by atoms with van der Waals surface area (Å²) >= 11 is 0. The summed E-state index contributed by atoms with van der Waals surface area (Å²) in [5.74, 6) is 0.106. The molecule has 4 heteroatoms. The van der Waals surface area contributed by atoms with Gasteiger partial charge in [0, 0.05) is 5.56 Å². The molecule has 0 fully saturated rings. The maximum absolute atomic E-state index is 11.0. The molecule has 1 aromatic rings. The third-order valence-electron chi connectivity index (χ3n) is 1.91. The molecule has 0 spiro atoms. The first-order chi connectivity index (χ1) is 7.15. The van der Waals surface area contributed by atoms with Gasteiger partial charge in [0.05, 0.1) is 6.61 Å². The van der Waals surface area contributed by atoms with Gasteiger partial charge in [-0.05, 0) is 19.9 Å². The van der Waals surface area contributed by atoms with Crippen LogP contribution in [0.3, 0.4) is 0 Å². The number of aromatic hydroxyl groups is 1. The Bertz CT molecular complexity index is 335. The third kappa shape index (κ3) is 3.16. The largest absolute Gasteiger partial charge is 0.508 e. The lowest BCUT2D eigenvalue weighted by molar-refractivity contribution is 0.0311. The van der Waals surface area contributed by atoms with E-state index in [9.17, 15) is 9.90 Å². The Kier molecular flexibility index (Phi) is 3.97. The van der Waals surface area contributed by atoms with Crippen LogP contribution in [0.2, 0.25) is 0 Å². The van der Waals surface area contributed by atoms with Crippen molar-refractivity contribution in [2.75, 3.05) is 6.61 Å². The van der Waals surface area contributed by atoms with E-state index in [4.69, 9.17) is 4.74 Å². The average Bonchev–Trinajstić information content (AvgIpc) is 2.18. The number of hydrogen-bond acceptors (Lipinski definition) is 4. The first-order valence-electron chi connectivity index (χ1n) is 4.76. The number of ether oxygens (including phenoxy) is 2. The SMILES string of the molecule is CCOC(=O)OC(C)c1ccccc1O. The Morgan fingerprint density at radius 2 is 2.13 bits per heavy atom. The Balaban J connectivity index is 2.65. The summed E-state index contributed by atoms with van der Waals surface area (Å²) < 4.78 is 9.57. The highest BCUT2D eigenvalue weighted by molar-refractivity contribution is 5.60. The standard InChI is InChI=1S/C11H14O4/c1-3-14-11(13)15-8(2)9-6-4-5-7-10(9)12/h4-8,12H,3H2,1-2H3. The van der Waals surface area contributed by atoms with Crippen LogP contribution in [0.5, 0.6) is 5.75 Å². The molecule has 1 rings (SSSR count). The number of hydrogen-bond donors (Lipinski definition) is 1. The zero-order chi connectivity index (χ0) is 11.3. The van der Waals surface area contributed by atoms with E-state index in [2.05, 4.69) is 4.74 Å². The van der Waals surface area contributed by atoms with E-state index in [1.165, 1.54) is 0 Å². The first kappa shape index (κ1) is 11.4. The van der Waals surface area contributed by atoms with Crippen LogP contribution in [-0.2, 0) is 9.47 Å². The van der Waals surface area contributed by atoms with Gasteiger partial charge < -0.3 is 14.6 Å². The van der Waals surface area contributed by atoms with Crippen molar-refractivity contribution in [1.29, 1.82) is 0 Å². The zero-order valence-electron chi connectivity index (χ0n) is 8.77. The highest BCUT2D eigenvalue weighted by Crippen LogP contribution is 2.25. The molecule has 0 bridgehead atoms. The van der Waals surface area contributed by atoms with Crippen molar-refractivity contribution < 1.29 is 19.4 Å². The Morgan fingerprint density at radius 1 is 1.47 bits per heavy atom. The van der Waals surface area contributed by atoms with Gasteiger partial charge in [-0.3, -0.25) is 0 Å². The molecule has 1 aromatic carbocycles. The molecule has 0 radical (unpaired) electrons. The number of phenolic OH excluding ortho intramolecular Hbond substituents is 1. The summed E-state index contributed by atoms with van der Waals surface area (Å²) in [7, 11) is 0. The molecule has 0 aliphatic carbocycles. The lowest BCUT2D eigenvalue weighted by Gasteiger charge is -2.13. The molecule has 1 N–H and O–H groups in total. The van der Waals surface area contributed by atoms with E-state index in [0.717, 1.165) is 0 Å². The number of carbonyl (C=O) groups excluding carboxylic acids is 1. The first-order valence-corrected chi connectivity index (χ1v) is 4.76. The molecule has 0 amide bonds. The molecule has 0 saturated carbocycles. The minimum Gasteiger partial charge on any atom is -0.508 e. The van der Waals surface area contributed by atoms with Gasteiger partial charge in [-0.15, -0.1) is 0 Å². The van der Waals surface area contributed by atoms with Gasteiger partial charge in [0.1, 0.15) is 11.9 Å². The fourth-order valence-electron chi connectivity index (χ4n) is 1.19. The number of carbonyl (C=O) groups is 1. The van der Waals surface area contributed by atoms with Gasteiger partial charge in [0.2, 0.25) is 0 Å². The fraction of sp³-hybridized carbons (Fsp3) is 0.364. The summed E-state index contributed by atoms with van der Waals surface area (Å²) in [6.07, 6.45) is -1.25. The minimum atomic E-state index is -0.728. The maximum Gasteiger partial charge on any atom is 0.508 e. The predicted octanol–water partition coefficient (Wildman–Crippen LogP) is 2.63. The van der Waals surface area contributed by atoms with Crippen LogP contribution < -0.4 is 0 Å². The van der Waals surface area contributed by atoms with E-state index < -0.39 is 12.3 Å². The Hall–Kier alpha value is -1.71. The van der Waals surface area contributed by atoms with Crippen molar-refractivity contribution in [3.05, 3.63) is 29.8 Å². The van der Waals surface area contributed by atoms with Crippen LogP contribution in [0, 0.1) is 0 Å². The van der Waals surface area contributed by atoms with Crippen LogP contribution >= 0.6 is 0 Å². The van der Waals surface area contributed by atoms with E-state index >= 15 is 0 Å². The van der Waals surface area contributed by atoms with Crippen LogP contribution in [0.1, 0.15) is 25.5 Å². The van der Waals surface area contributed by atoms with Crippen molar-refractivity contribution >= 4 is 6.16 Å². The molecule has 0 saturated heterocycles. The van der Waals surface area contributed by atoms with Gasteiger partial charge in [-0.2, -0.15) is 0 Å². The maximum atomic E-state index is 11.0. The van der Waals surface area contributed by atoms with Gasteiger partial charge in [-0.25, -0.2) is 4.79 Å². The minimum absolute atomic E-state index is 0.106. The molecule has 1 atom stereocenters. The van der Waals surface area contributed by atoms with E-state index in [0.29, 0.717) is 5.56 Å². The highest BCUT2D eigenvalue weighted by Gasteiger charge is 2.14. The predicted molar refractivity (Wildman–Crippen MR) is 54.6 cm³/mol. The van der Waals surface area contributed by atoms with Gasteiger partial charge in [0.25, 0.3) is 0 Å². The quantitative estimate of drug-likeness (QED) is 0.779. The van der Waals surface area contributed by atoms with Crippen molar-refractivity contribution in [3.63, 3.8) is 0 Å². The molecule has 82 valence electrons. The summed E-state index contributed by atoms with van der Waals surface area (Å²) in [5.41, 5.74) is 0.561. The topological polar surface area (TPSA) is 55.8 Å². The number of benzene rings is 1. The second-order valence-electron chi connectivity index (χ2n) is 3.00. The normalized spacial score (nSPS) is 11.9. The number of phenols is 1. The fourth-order valence-corrected chi connectivity index (χ4v) is 1.19. The summed E-state index contributed by atoms with van der Waals surface area (Å²) in [6.45, 7) is 3.64. The molecular formula is C11H14O4. The monoisotopic (exact) mass is 210 g/mol. The van der Waals surface area contributed by atoms with Gasteiger partial charge in [0.15, 0.2) is 0 Å². The molecule has 0 aliphatic heterocycles. The molecule has 0 aromatic heterocycles. The average molecular weight is 210 g/mol. The van der Waals surface area contributed by atoms with E-state index in [-0.39, 0.29) is 12.4 Å². The number of para-hydroxylation sites is 1. The van der Waals surface area contributed by atoms with Crippen molar-refractivity contribution in [2.24, 2.45) is 0 Å². The van der Waals surface area contributed by atoms with Crippen molar-refractivity contribution in [3.8, 4) is 5.75 Å². The Morgan fingerprint density at radius 3 is 2.73 bits per heavy atom. The summed E-state index contributed by atoms with van der Waals surface area (Å²) in [4.78, 5) is 11.0. The zero-order valence-corrected chi connectivity index (χ0v) is 8.77. The van der Waals surface area contributed by atoms with Crippen LogP contribution in [0.15, 0.2) is 24.3 Å². The smallest absolute Gasteiger partial charge is 0.508 e. The summed E-state index contributed by atoms with van der Waals surface area (Å²) in [6, 6.07) is 6.70. The third-order valence-corrected chi connectivity index (χ3v) is 1.91. The molecular weight excluding hydrogens is 196 g/mol. The Labute approximate surface area is 88.4 Å². The molecule has 0 heterocycles. The van der Waals surface area contributed by atoms with Crippen LogP contribution in [-0.4, -0.2) is 17.9 Å². The van der Waals surface area contributed by atoms with Crippen LogP contribution in [0.25, 0.3) is 0 Å². The van der Waals surface area contributed by atoms with Crippen molar-refractivity contribution in [2.45, 2.75) is 20.0 Å². The van der Waals surface area contributed by atoms with Crippen molar-refractivity contribution in [1.82, 2.24) is 0 Å². The van der Waals surface area contributed by atoms with Gasteiger partial charge >= 0.3 is 6.16 Å². The molecule has 4 nitrogen and oxygen atoms in total.